The van der Waals surface area contributed by atoms with Gasteiger partial charge in [-0.1, -0.05) is 0 Å². The number of carbonyl (C=O) groups excluding carboxylic acids is 1. The summed E-state index contributed by atoms with van der Waals surface area (Å²) in [5.74, 6) is 0.684. The third-order valence-corrected chi connectivity index (χ3v) is 3.52. The molecule has 1 saturated heterocycles. The van der Waals surface area contributed by atoms with E-state index in [1.54, 1.807) is 31.3 Å². The Morgan fingerprint density at radius 2 is 2.12 bits per heavy atom. The van der Waals surface area contributed by atoms with E-state index in [0.717, 1.165) is 4.47 Å². The number of halogens is 1. The van der Waals surface area contributed by atoms with Crippen molar-refractivity contribution >= 4 is 21.8 Å². The third kappa shape index (κ3) is 2.45. The van der Waals surface area contributed by atoms with E-state index in [-0.39, 0.29) is 12.0 Å². The molecule has 0 saturated carbocycles. The maximum absolute atomic E-state index is 12.1. The Labute approximate surface area is 109 Å². The van der Waals surface area contributed by atoms with Gasteiger partial charge in [-0.05, 0) is 34.1 Å². The average Bonchev–Trinajstić information content (AvgIpc) is 2.28. The zero-order valence-electron chi connectivity index (χ0n) is 9.77. The van der Waals surface area contributed by atoms with E-state index >= 15 is 0 Å². The third-order valence-electron chi connectivity index (χ3n) is 2.87. The number of likely N-dealkylation sites (tertiary alicyclic amines) is 1. The van der Waals surface area contributed by atoms with Crippen LogP contribution in [0.2, 0.25) is 0 Å². The second-order valence-corrected chi connectivity index (χ2v) is 4.77. The fourth-order valence-electron chi connectivity index (χ4n) is 1.73. The molecule has 1 fully saturated rings. The number of rotatable bonds is 3. The number of hydrogen-bond donors (Lipinski definition) is 0. The molecule has 2 rings (SSSR count). The molecule has 17 heavy (non-hydrogen) atoms. The van der Waals surface area contributed by atoms with Crippen LogP contribution >= 0.6 is 15.9 Å². The van der Waals surface area contributed by atoms with Crippen LogP contribution in [-0.4, -0.2) is 44.2 Å². The summed E-state index contributed by atoms with van der Waals surface area (Å²) in [4.78, 5) is 13.8. The van der Waals surface area contributed by atoms with Crippen LogP contribution in [0.1, 0.15) is 10.4 Å². The lowest BCUT2D eigenvalue weighted by molar-refractivity contribution is -0.0192. The van der Waals surface area contributed by atoms with Crippen LogP contribution in [0.3, 0.4) is 0 Å². The average molecular weight is 300 g/mol. The van der Waals surface area contributed by atoms with E-state index in [9.17, 15) is 4.79 Å². The largest absolute Gasteiger partial charge is 0.496 e. The summed E-state index contributed by atoms with van der Waals surface area (Å²) in [6, 6.07) is 5.35. The van der Waals surface area contributed by atoms with Gasteiger partial charge < -0.3 is 14.4 Å². The van der Waals surface area contributed by atoms with Gasteiger partial charge in [0.2, 0.25) is 0 Å². The van der Waals surface area contributed by atoms with Crippen LogP contribution in [-0.2, 0) is 4.74 Å². The smallest absolute Gasteiger partial charge is 0.254 e. The van der Waals surface area contributed by atoms with E-state index in [1.807, 2.05) is 6.07 Å². The van der Waals surface area contributed by atoms with E-state index in [4.69, 9.17) is 9.47 Å². The molecule has 0 unspecified atom stereocenters. The van der Waals surface area contributed by atoms with Crippen LogP contribution in [0.5, 0.6) is 5.75 Å². The molecule has 0 radical (unpaired) electrons. The minimum atomic E-state index is 0.0177. The number of amides is 1. The molecule has 1 aliphatic rings. The first-order chi connectivity index (χ1) is 8.15. The van der Waals surface area contributed by atoms with Crippen LogP contribution in [0.4, 0.5) is 0 Å². The molecule has 0 aliphatic carbocycles. The van der Waals surface area contributed by atoms with E-state index in [1.165, 1.54) is 0 Å². The van der Waals surface area contributed by atoms with Gasteiger partial charge >= 0.3 is 0 Å². The highest BCUT2D eigenvalue weighted by molar-refractivity contribution is 9.10. The molecule has 4 nitrogen and oxygen atoms in total. The molecule has 1 aromatic carbocycles. The van der Waals surface area contributed by atoms with Gasteiger partial charge in [-0.25, -0.2) is 0 Å². The van der Waals surface area contributed by atoms with Crippen molar-refractivity contribution < 1.29 is 14.3 Å². The van der Waals surface area contributed by atoms with Crippen molar-refractivity contribution in [2.24, 2.45) is 0 Å². The number of nitrogens with zero attached hydrogens (tertiary/aromatic N) is 1. The van der Waals surface area contributed by atoms with Crippen molar-refractivity contribution in [2.75, 3.05) is 27.3 Å². The topological polar surface area (TPSA) is 38.8 Å². The molecule has 0 bridgehead atoms. The van der Waals surface area contributed by atoms with Gasteiger partial charge in [-0.3, -0.25) is 4.79 Å². The molecule has 1 aliphatic heterocycles. The molecule has 1 heterocycles. The summed E-state index contributed by atoms with van der Waals surface area (Å²) in [5.41, 5.74) is 0.639. The Bertz CT molecular complexity index is 430. The maximum Gasteiger partial charge on any atom is 0.254 e. The van der Waals surface area contributed by atoms with Crippen LogP contribution in [0, 0.1) is 0 Å². The van der Waals surface area contributed by atoms with Crippen LogP contribution in [0.25, 0.3) is 0 Å². The van der Waals surface area contributed by atoms with Gasteiger partial charge in [0.25, 0.3) is 5.91 Å². The van der Waals surface area contributed by atoms with Crippen molar-refractivity contribution in [3.8, 4) is 5.75 Å². The standard InChI is InChI=1S/C12H14BrNO3/c1-16-9-6-14(7-9)12(15)8-3-4-10(13)11(5-8)17-2/h3-5,9H,6-7H2,1-2H3. The zero-order valence-corrected chi connectivity index (χ0v) is 11.4. The summed E-state index contributed by atoms with van der Waals surface area (Å²) in [6.45, 7) is 1.32. The van der Waals surface area contributed by atoms with Crippen molar-refractivity contribution in [2.45, 2.75) is 6.10 Å². The predicted molar refractivity (Wildman–Crippen MR) is 67.4 cm³/mol. The Morgan fingerprint density at radius 1 is 1.41 bits per heavy atom. The first-order valence-electron chi connectivity index (χ1n) is 5.31. The summed E-state index contributed by atoms with van der Waals surface area (Å²) in [7, 11) is 3.24. The van der Waals surface area contributed by atoms with Crippen molar-refractivity contribution in [3.63, 3.8) is 0 Å². The summed E-state index contributed by atoms with van der Waals surface area (Å²) in [6.07, 6.45) is 0.177. The number of carbonyl (C=O) groups is 1. The van der Waals surface area contributed by atoms with Gasteiger partial charge in [0.05, 0.1) is 17.7 Å². The SMILES string of the molecule is COc1cc(C(=O)N2CC(OC)C2)ccc1Br. The lowest BCUT2D eigenvalue weighted by Crippen LogP contribution is -2.54. The monoisotopic (exact) mass is 299 g/mol. The van der Waals surface area contributed by atoms with Crippen molar-refractivity contribution in [1.82, 2.24) is 4.90 Å². The lowest BCUT2D eigenvalue weighted by atomic mass is 10.1. The number of methoxy groups -OCH3 is 2. The summed E-state index contributed by atoms with van der Waals surface area (Å²) in [5, 5.41) is 0. The minimum Gasteiger partial charge on any atom is -0.496 e. The van der Waals surface area contributed by atoms with E-state index in [2.05, 4.69) is 15.9 Å². The van der Waals surface area contributed by atoms with E-state index in [0.29, 0.717) is 24.4 Å². The van der Waals surface area contributed by atoms with Crippen molar-refractivity contribution in [3.05, 3.63) is 28.2 Å². The Balaban J connectivity index is 2.10. The first kappa shape index (κ1) is 12.4. The molecule has 5 heteroatoms. The summed E-state index contributed by atoms with van der Waals surface area (Å²) >= 11 is 3.36. The highest BCUT2D eigenvalue weighted by atomic mass is 79.9. The second kappa shape index (κ2) is 5.06. The molecule has 92 valence electrons. The van der Waals surface area contributed by atoms with Crippen LogP contribution < -0.4 is 4.74 Å². The van der Waals surface area contributed by atoms with Gasteiger partial charge in [0.1, 0.15) is 5.75 Å². The Hall–Kier alpha value is -1.07. The fourth-order valence-corrected chi connectivity index (χ4v) is 2.14. The molecular formula is C12H14BrNO3. The highest BCUT2D eigenvalue weighted by Crippen LogP contribution is 2.27. The molecular weight excluding hydrogens is 286 g/mol. The number of hydrogen-bond acceptors (Lipinski definition) is 3. The maximum atomic E-state index is 12.1. The van der Waals surface area contributed by atoms with Gasteiger partial charge in [0.15, 0.2) is 0 Å². The normalized spacial score (nSPS) is 15.6. The van der Waals surface area contributed by atoms with Gasteiger partial charge in [-0.2, -0.15) is 0 Å². The van der Waals surface area contributed by atoms with Crippen molar-refractivity contribution in [1.29, 1.82) is 0 Å². The van der Waals surface area contributed by atoms with E-state index < -0.39 is 0 Å². The first-order valence-corrected chi connectivity index (χ1v) is 6.10. The lowest BCUT2D eigenvalue weighted by Gasteiger charge is -2.38. The molecule has 1 aromatic rings. The highest BCUT2D eigenvalue weighted by Gasteiger charge is 2.31. The number of ether oxygens (including phenoxy) is 2. The van der Waals surface area contributed by atoms with Gasteiger partial charge in [-0.15, -0.1) is 0 Å². The van der Waals surface area contributed by atoms with Crippen LogP contribution in [0.15, 0.2) is 22.7 Å². The van der Waals surface area contributed by atoms with Gasteiger partial charge in [0, 0.05) is 25.8 Å². The molecule has 0 spiro atoms. The Morgan fingerprint density at radius 3 is 2.71 bits per heavy atom. The molecule has 0 atom stereocenters. The summed E-state index contributed by atoms with van der Waals surface area (Å²) < 4.78 is 11.2. The minimum absolute atomic E-state index is 0.0177. The molecule has 0 aromatic heterocycles. The number of benzene rings is 1. The predicted octanol–water partition coefficient (Wildman–Crippen LogP) is 1.93. The molecule has 1 amide bonds. The fraction of sp³-hybridized carbons (Fsp3) is 0.417. The Kier molecular flexibility index (Phi) is 3.69. The molecule has 0 N–H and O–H groups in total. The second-order valence-electron chi connectivity index (χ2n) is 3.92. The quantitative estimate of drug-likeness (QED) is 0.856. The zero-order chi connectivity index (χ0) is 12.4.